The average Bonchev–Trinajstić information content (AvgIpc) is 2.66. The fraction of sp³-hybridized carbons (Fsp3) is 0.211. The number of esters is 1. The largest absolute Gasteiger partial charge is 0.452 e. The summed E-state index contributed by atoms with van der Waals surface area (Å²) in [5.41, 5.74) is 0.151. The topological polar surface area (TPSA) is 110 Å². The maximum Gasteiger partial charge on any atom is 0.340 e. The summed E-state index contributed by atoms with van der Waals surface area (Å²) in [4.78, 5) is 37.2. The predicted molar refractivity (Wildman–Crippen MR) is 108 cm³/mol. The highest BCUT2D eigenvalue weighted by molar-refractivity contribution is 7.90. The van der Waals surface area contributed by atoms with E-state index in [9.17, 15) is 27.2 Å². The monoisotopic (exact) mass is 456 g/mol. The lowest BCUT2D eigenvalue weighted by Crippen LogP contribution is -2.37. The third-order valence-electron chi connectivity index (χ3n) is 3.85. The number of halogens is 2. The van der Waals surface area contributed by atoms with E-state index in [4.69, 9.17) is 16.3 Å². The zero-order valence-electron chi connectivity index (χ0n) is 16.0. The molecule has 0 saturated heterocycles. The van der Waals surface area contributed by atoms with Crippen molar-refractivity contribution in [2.75, 3.05) is 31.8 Å². The highest BCUT2D eigenvalue weighted by Gasteiger charge is 2.19. The Kier molecular flexibility index (Phi) is 7.52. The second-order valence-electron chi connectivity index (χ2n) is 6.29. The molecule has 2 rings (SSSR count). The molecule has 0 saturated carbocycles. The summed E-state index contributed by atoms with van der Waals surface area (Å²) in [7, 11) is -2.24. The molecule has 0 aliphatic rings. The number of hydrogen-bond donors (Lipinski definition) is 1. The van der Waals surface area contributed by atoms with Gasteiger partial charge in [0.05, 0.1) is 22.0 Å². The van der Waals surface area contributed by atoms with E-state index in [1.54, 1.807) is 0 Å². The quantitative estimate of drug-likeness (QED) is 0.639. The first-order valence-corrected chi connectivity index (χ1v) is 10.7. The van der Waals surface area contributed by atoms with Crippen LogP contribution in [0.4, 0.5) is 10.1 Å². The van der Waals surface area contributed by atoms with Crippen LogP contribution in [0.1, 0.15) is 10.4 Å². The van der Waals surface area contributed by atoms with Gasteiger partial charge in [0.1, 0.15) is 5.82 Å². The van der Waals surface area contributed by atoms with Gasteiger partial charge in [0.25, 0.3) is 5.91 Å². The van der Waals surface area contributed by atoms with Crippen LogP contribution in [0.2, 0.25) is 5.02 Å². The van der Waals surface area contributed by atoms with E-state index in [1.165, 1.54) is 43.4 Å². The molecular weight excluding hydrogens is 439 g/mol. The van der Waals surface area contributed by atoms with Gasteiger partial charge in [-0.1, -0.05) is 11.6 Å². The summed E-state index contributed by atoms with van der Waals surface area (Å²) in [5.74, 6) is -2.65. The highest BCUT2D eigenvalue weighted by atomic mass is 35.5. The SMILES string of the molecule is CN(CC(=O)Nc1ccc(F)cc1)C(=O)COC(=O)c1cc(S(C)(=O)=O)ccc1Cl. The Morgan fingerprint density at radius 2 is 1.77 bits per heavy atom. The van der Waals surface area contributed by atoms with Crippen molar-refractivity contribution in [2.24, 2.45) is 0 Å². The van der Waals surface area contributed by atoms with Crippen molar-refractivity contribution < 1.29 is 31.9 Å². The second kappa shape index (κ2) is 9.68. The standard InChI is InChI=1S/C19H18ClFN2O6S/c1-23(10-17(24)22-13-5-3-12(21)4-6-13)18(25)11-29-19(26)15-9-14(30(2,27)28)7-8-16(15)20/h3-9H,10-11H2,1-2H3,(H,22,24). The molecule has 0 bridgehead atoms. The number of anilines is 1. The molecule has 0 heterocycles. The second-order valence-corrected chi connectivity index (χ2v) is 8.72. The van der Waals surface area contributed by atoms with Gasteiger partial charge in [0.2, 0.25) is 5.91 Å². The molecular formula is C19H18ClFN2O6S. The lowest BCUT2D eigenvalue weighted by atomic mass is 10.2. The minimum absolute atomic E-state index is 0.0353. The number of carbonyl (C=O) groups is 3. The van der Waals surface area contributed by atoms with Crippen LogP contribution in [0.15, 0.2) is 47.4 Å². The maximum atomic E-state index is 12.9. The van der Waals surface area contributed by atoms with Gasteiger partial charge in [-0.25, -0.2) is 17.6 Å². The van der Waals surface area contributed by atoms with Gasteiger partial charge >= 0.3 is 5.97 Å². The number of sulfone groups is 1. The molecule has 0 unspecified atom stereocenters. The summed E-state index contributed by atoms with van der Waals surface area (Å²) in [6, 6.07) is 8.62. The van der Waals surface area contributed by atoms with Crippen LogP contribution >= 0.6 is 11.6 Å². The van der Waals surface area contributed by atoms with Crippen LogP contribution in [0.5, 0.6) is 0 Å². The molecule has 160 valence electrons. The molecule has 0 spiro atoms. The fourth-order valence-electron chi connectivity index (χ4n) is 2.24. The zero-order valence-corrected chi connectivity index (χ0v) is 17.6. The lowest BCUT2D eigenvalue weighted by Gasteiger charge is -2.17. The molecule has 0 fully saturated rings. The molecule has 2 aromatic carbocycles. The summed E-state index contributed by atoms with van der Waals surface area (Å²) in [5, 5.41) is 2.46. The van der Waals surface area contributed by atoms with Crippen LogP contribution < -0.4 is 5.32 Å². The number of nitrogens with zero attached hydrogens (tertiary/aromatic N) is 1. The first-order chi connectivity index (χ1) is 14.0. The van der Waals surface area contributed by atoms with E-state index in [0.29, 0.717) is 5.69 Å². The van der Waals surface area contributed by atoms with Crippen molar-refractivity contribution in [2.45, 2.75) is 4.90 Å². The Balaban J connectivity index is 1.92. The van der Waals surface area contributed by atoms with Crippen LogP contribution in [0, 0.1) is 5.82 Å². The summed E-state index contributed by atoms with van der Waals surface area (Å²) in [6.07, 6.45) is 0.973. The van der Waals surface area contributed by atoms with E-state index >= 15 is 0 Å². The van der Waals surface area contributed by atoms with Crippen LogP contribution in [0.3, 0.4) is 0 Å². The molecule has 1 N–H and O–H groups in total. The number of carbonyl (C=O) groups excluding carboxylic acids is 3. The van der Waals surface area contributed by atoms with E-state index in [1.807, 2.05) is 0 Å². The van der Waals surface area contributed by atoms with E-state index < -0.39 is 40.0 Å². The third-order valence-corrected chi connectivity index (χ3v) is 5.29. The maximum absolute atomic E-state index is 12.9. The van der Waals surface area contributed by atoms with Gasteiger partial charge in [-0.2, -0.15) is 0 Å². The first kappa shape index (κ1) is 23.3. The number of benzene rings is 2. The summed E-state index contributed by atoms with van der Waals surface area (Å²) < 4.78 is 41.0. The van der Waals surface area contributed by atoms with E-state index in [-0.39, 0.29) is 22.0 Å². The molecule has 2 aromatic rings. The first-order valence-electron chi connectivity index (χ1n) is 8.43. The van der Waals surface area contributed by atoms with Gasteiger partial charge < -0.3 is 15.0 Å². The molecule has 8 nitrogen and oxygen atoms in total. The zero-order chi connectivity index (χ0) is 22.5. The predicted octanol–water partition coefficient (Wildman–Crippen LogP) is 2.14. The Bertz CT molecular complexity index is 1070. The lowest BCUT2D eigenvalue weighted by molar-refractivity contribution is -0.136. The van der Waals surface area contributed by atoms with Crippen molar-refractivity contribution >= 4 is 44.9 Å². The number of hydrogen-bond acceptors (Lipinski definition) is 6. The highest BCUT2D eigenvalue weighted by Crippen LogP contribution is 2.21. The van der Waals surface area contributed by atoms with Gasteiger partial charge in [-0.3, -0.25) is 9.59 Å². The number of rotatable bonds is 7. The normalized spacial score (nSPS) is 10.9. The number of nitrogens with one attached hydrogen (secondary N) is 1. The van der Waals surface area contributed by atoms with Gasteiger partial charge in [-0.05, 0) is 42.5 Å². The van der Waals surface area contributed by atoms with E-state index in [0.717, 1.165) is 17.2 Å². The third kappa shape index (κ3) is 6.53. The number of amides is 2. The molecule has 0 aliphatic carbocycles. The summed E-state index contributed by atoms with van der Waals surface area (Å²) in [6.45, 7) is -1.02. The summed E-state index contributed by atoms with van der Waals surface area (Å²) >= 11 is 5.91. The van der Waals surface area contributed by atoms with Crippen molar-refractivity contribution in [3.05, 3.63) is 58.9 Å². The Labute approximate surface area is 177 Å². The Morgan fingerprint density at radius 1 is 1.13 bits per heavy atom. The number of likely N-dealkylation sites (N-methyl/N-ethyl adjacent to an activating group) is 1. The number of ether oxygens (including phenoxy) is 1. The minimum Gasteiger partial charge on any atom is -0.452 e. The molecule has 0 radical (unpaired) electrons. The van der Waals surface area contributed by atoms with Crippen LogP contribution in [0.25, 0.3) is 0 Å². The van der Waals surface area contributed by atoms with Crippen molar-refractivity contribution in [1.82, 2.24) is 4.90 Å². The molecule has 0 atom stereocenters. The molecule has 0 aromatic heterocycles. The van der Waals surface area contributed by atoms with E-state index in [2.05, 4.69) is 5.32 Å². The van der Waals surface area contributed by atoms with Crippen LogP contribution in [-0.4, -0.2) is 57.6 Å². The van der Waals surface area contributed by atoms with Gasteiger partial charge in [0.15, 0.2) is 16.4 Å². The average molecular weight is 457 g/mol. The van der Waals surface area contributed by atoms with Gasteiger partial charge in [0, 0.05) is 19.0 Å². The Hall–Kier alpha value is -2.98. The molecule has 2 amide bonds. The minimum atomic E-state index is -3.57. The van der Waals surface area contributed by atoms with Crippen molar-refractivity contribution in [3.63, 3.8) is 0 Å². The smallest absolute Gasteiger partial charge is 0.340 e. The molecule has 30 heavy (non-hydrogen) atoms. The Morgan fingerprint density at radius 3 is 2.37 bits per heavy atom. The fourth-order valence-corrected chi connectivity index (χ4v) is 3.09. The van der Waals surface area contributed by atoms with Crippen molar-refractivity contribution in [1.29, 1.82) is 0 Å². The van der Waals surface area contributed by atoms with Crippen molar-refractivity contribution in [3.8, 4) is 0 Å². The molecule has 11 heteroatoms. The molecule has 0 aliphatic heterocycles. The van der Waals surface area contributed by atoms with Gasteiger partial charge in [-0.15, -0.1) is 0 Å². The van der Waals surface area contributed by atoms with Crippen LogP contribution in [-0.2, 0) is 24.2 Å².